The van der Waals surface area contributed by atoms with E-state index in [1.54, 1.807) is 0 Å². The van der Waals surface area contributed by atoms with Crippen molar-refractivity contribution in [3.63, 3.8) is 0 Å². The van der Waals surface area contributed by atoms with E-state index < -0.39 is 0 Å². The van der Waals surface area contributed by atoms with Crippen LogP contribution < -0.4 is 5.32 Å². The lowest BCUT2D eigenvalue weighted by molar-refractivity contribution is 0.253. The third kappa shape index (κ3) is 3.03. The van der Waals surface area contributed by atoms with Crippen LogP contribution in [0, 0.1) is 12.3 Å². The van der Waals surface area contributed by atoms with Gasteiger partial charge in [0.05, 0.1) is 5.54 Å². The third-order valence-electron chi connectivity index (χ3n) is 3.41. The molecule has 0 atom stereocenters. The smallest absolute Gasteiger partial charge is 0.0743 e. The number of benzene rings is 1. The first-order valence-electron chi connectivity index (χ1n) is 6.01. The molecule has 1 aliphatic carbocycles. The molecule has 1 aliphatic rings. The molecule has 1 saturated carbocycles. The summed E-state index contributed by atoms with van der Waals surface area (Å²) in [6.07, 6.45) is 7.79. The Bertz CT molecular complexity index is 421. The number of hydrogen-bond acceptors (Lipinski definition) is 1. The maximum Gasteiger partial charge on any atom is 0.0743 e. The van der Waals surface area contributed by atoms with Crippen molar-refractivity contribution in [1.82, 2.24) is 5.32 Å². The number of halogens is 1. The summed E-state index contributed by atoms with van der Waals surface area (Å²) >= 11 is 5.88. The van der Waals surface area contributed by atoms with Gasteiger partial charge in [-0.15, -0.1) is 6.42 Å². The predicted molar refractivity (Wildman–Crippen MR) is 73.3 cm³/mol. The van der Waals surface area contributed by atoms with Crippen molar-refractivity contribution in [3.05, 3.63) is 34.9 Å². The normalized spacial score (nSPS) is 23.9. The van der Waals surface area contributed by atoms with Crippen LogP contribution in [0.4, 0.5) is 0 Å². The minimum atomic E-state index is -0.199. The molecule has 0 saturated heterocycles. The molecule has 17 heavy (non-hydrogen) atoms. The molecule has 0 bridgehead atoms. The van der Waals surface area contributed by atoms with Crippen LogP contribution in [0.1, 0.15) is 38.2 Å². The summed E-state index contributed by atoms with van der Waals surface area (Å²) in [6.45, 7) is 4.09. The zero-order valence-corrected chi connectivity index (χ0v) is 11.1. The van der Waals surface area contributed by atoms with E-state index in [0.717, 1.165) is 17.9 Å². The standard InChI is InChI=1S/C15H18ClN/c1-4-15(2,3)17-14-9-12(10-14)11-5-7-13(16)8-6-11/h1,5-8,12,14,17H,9-10H2,2-3H3. The molecule has 1 aromatic rings. The maximum atomic E-state index is 5.88. The van der Waals surface area contributed by atoms with Crippen molar-refractivity contribution >= 4 is 11.6 Å². The lowest BCUT2D eigenvalue weighted by atomic mass is 9.75. The van der Waals surface area contributed by atoms with Gasteiger partial charge in [0.2, 0.25) is 0 Å². The van der Waals surface area contributed by atoms with Crippen LogP contribution in [-0.4, -0.2) is 11.6 Å². The third-order valence-corrected chi connectivity index (χ3v) is 3.66. The molecular formula is C15H18ClN. The Morgan fingerprint density at radius 2 is 1.88 bits per heavy atom. The summed E-state index contributed by atoms with van der Waals surface area (Å²) < 4.78 is 0. The largest absolute Gasteiger partial charge is 0.299 e. The van der Waals surface area contributed by atoms with Crippen molar-refractivity contribution < 1.29 is 0 Å². The van der Waals surface area contributed by atoms with Gasteiger partial charge >= 0.3 is 0 Å². The molecule has 0 aromatic heterocycles. The van der Waals surface area contributed by atoms with Gasteiger partial charge < -0.3 is 0 Å². The zero-order chi connectivity index (χ0) is 12.5. The average Bonchev–Trinajstić information content (AvgIpc) is 2.25. The van der Waals surface area contributed by atoms with Gasteiger partial charge in [-0.2, -0.15) is 0 Å². The van der Waals surface area contributed by atoms with Gasteiger partial charge in [-0.05, 0) is 50.3 Å². The van der Waals surface area contributed by atoms with Gasteiger partial charge in [-0.1, -0.05) is 29.7 Å². The number of rotatable bonds is 3. The van der Waals surface area contributed by atoms with Crippen molar-refractivity contribution in [3.8, 4) is 12.3 Å². The minimum absolute atomic E-state index is 0.199. The fourth-order valence-electron chi connectivity index (χ4n) is 2.29. The lowest BCUT2D eigenvalue weighted by Gasteiger charge is -2.40. The Morgan fingerprint density at radius 1 is 1.29 bits per heavy atom. The first-order valence-corrected chi connectivity index (χ1v) is 6.39. The molecule has 0 amide bonds. The minimum Gasteiger partial charge on any atom is -0.299 e. The Labute approximate surface area is 109 Å². The van der Waals surface area contributed by atoms with Crippen LogP contribution in [0.2, 0.25) is 5.02 Å². The number of nitrogens with one attached hydrogen (secondary N) is 1. The molecule has 2 rings (SSSR count). The highest BCUT2D eigenvalue weighted by Gasteiger charge is 2.33. The number of terminal acetylenes is 1. The van der Waals surface area contributed by atoms with Crippen LogP contribution >= 0.6 is 11.6 Å². The number of hydrogen-bond donors (Lipinski definition) is 1. The van der Waals surface area contributed by atoms with Gasteiger partial charge in [0.25, 0.3) is 0 Å². The topological polar surface area (TPSA) is 12.0 Å². The molecule has 1 nitrogen and oxygen atoms in total. The van der Waals surface area contributed by atoms with E-state index in [2.05, 4.69) is 23.4 Å². The van der Waals surface area contributed by atoms with Gasteiger partial charge in [0.1, 0.15) is 0 Å². The zero-order valence-electron chi connectivity index (χ0n) is 10.3. The molecule has 90 valence electrons. The molecule has 1 aromatic carbocycles. The summed E-state index contributed by atoms with van der Waals surface area (Å²) in [5, 5.41) is 4.29. The van der Waals surface area contributed by atoms with E-state index >= 15 is 0 Å². The fourth-order valence-corrected chi connectivity index (χ4v) is 2.42. The molecular weight excluding hydrogens is 230 g/mol. The van der Waals surface area contributed by atoms with E-state index in [-0.39, 0.29) is 5.54 Å². The maximum absolute atomic E-state index is 5.88. The summed E-state index contributed by atoms with van der Waals surface area (Å²) in [5.74, 6) is 3.43. The molecule has 1 fully saturated rings. The second kappa shape index (κ2) is 4.72. The lowest BCUT2D eigenvalue weighted by Crippen LogP contribution is -2.50. The molecule has 2 heteroatoms. The van der Waals surface area contributed by atoms with E-state index in [0.29, 0.717) is 12.0 Å². The monoisotopic (exact) mass is 247 g/mol. The van der Waals surface area contributed by atoms with E-state index in [1.165, 1.54) is 5.56 Å². The van der Waals surface area contributed by atoms with E-state index in [1.807, 2.05) is 26.0 Å². The van der Waals surface area contributed by atoms with Crippen LogP contribution in [0.5, 0.6) is 0 Å². The first-order chi connectivity index (χ1) is 8.00. The highest BCUT2D eigenvalue weighted by molar-refractivity contribution is 6.30. The summed E-state index contributed by atoms with van der Waals surface area (Å²) in [4.78, 5) is 0. The molecule has 0 spiro atoms. The second-order valence-electron chi connectivity index (χ2n) is 5.33. The van der Waals surface area contributed by atoms with E-state index in [4.69, 9.17) is 18.0 Å². The van der Waals surface area contributed by atoms with Gasteiger partial charge in [-0.3, -0.25) is 5.32 Å². The van der Waals surface area contributed by atoms with Crippen LogP contribution in [-0.2, 0) is 0 Å². The highest BCUT2D eigenvalue weighted by atomic mass is 35.5. The quantitative estimate of drug-likeness (QED) is 0.805. The Hall–Kier alpha value is -0.970. The Balaban J connectivity index is 1.87. The van der Waals surface area contributed by atoms with Crippen molar-refractivity contribution in [1.29, 1.82) is 0 Å². The molecule has 0 heterocycles. The van der Waals surface area contributed by atoms with Gasteiger partial charge in [-0.25, -0.2) is 0 Å². The van der Waals surface area contributed by atoms with Crippen molar-refractivity contribution in [2.75, 3.05) is 0 Å². The van der Waals surface area contributed by atoms with Gasteiger partial charge in [0, 0.05) is 11.1 Å². The molecule has 0 aliphatic heterocycles. The van der Waals surface area contributed by atoms with Crippen LogP contribution in [0.3, 0.4) is 0 Å². The highest BCUT2D eigenvalue weighted by Crippen LogP contribution is 2.37. The van der Waals surface area contributed by atoms with Crippen molar-refractivity contribution in [2.45, 2.75) is 44.2 Å². The second-order valence-corrected chi connectivity index (χ2v) is 5.77. The summed E-state index contributed by atoms with van der Waals surface area (Å²) in [5.41, 5.74) is 1.18. The Morgan fingerprint density at radius 3 is 2.41 bits per heavy atom. The molecule has 0 unspecified atom stereocenters. The predicted octanol–water partition coefficient (Wildman–Crippen LogP) is 3.59. The Kier molecular flexibility index (Phi) is 3.47. The van der Waals surface area contributed by atoms with Gasteiger partial charge in [0.15, 0.2) is 0 Å². The average molecular weight is 248 g/mol. The first kappa shape index (κ1) is 12.5. The summed E-state index contributed by atoms with van der Waals surface area (Å²) in [6, 6.07) is 8.71. The summed E-state index contributed by atoms with van der Waals surface area (Å²) in [7, 11) is 0. The van der Waals surface area contributed by atoms with Crippen molar-refractivity contribution in [2.24, 2.45) is 0 Å². The SMILES string of the molecule is C#CC(C)(C)NC1CC(c2ccc(Cl)cc2)C1. The molecule has 0 radical (unpaired) electrons. The van der Waals surface area contributed by atoms with E-state index in [9.17, 15) is 0 Å². The molecule has 1 N–H and O–H groups in total. The van der Waals surface area contributed by atoms with Crippen LogP contribution in [0.15, 0.2) is 24.3 Å². The van der Waals surface area contributed by atoms with Crippen LogP contribution in [0.25, 0.3) is 0 Å². The fraction of sp³-hybridized carbons (Fsp3) is 0.467.